The van der Waals surface area contributed by atoms with Crippen LogP contribution in [0.5, 0.6) is 0 Å². The third-order valence-electron chi connectivity index (χ3n) is 8.32. The maximum Gasteiger partial charge on any atom is 0.338 e. The van der Waals surface area contributed by atoms with Crippen molar-refractivity contribution in [1.82, 2.24) is 0 Å². The molecule has 0 saturated carbocycles. The van der Waals surface area contributed by atoms with Crippen molar-refractivity contribution in [3.63, 3.8) is 0 Å². The second-order valence-corrected chi connectivity index (χ2v) is 12.3. The molecule has 0 saturated heterocycles. The summed E-state index contributed by atoms with van der Waals surface area (Å²) < 4.78 is 17.0. The number of carbonyl (C=O) groups is 3. The summed E-state index contributed by atoms with van der Waals surface area (Å²) in [6.45, 7) is 6.51. The van der Waals surface area contributed by atoms with Crippen molar-refractivity contribution >= 4 is 17.9 Å². The molecular weight excluding hydrogens is 540 g/mol. The van der Waals surface area contributed by atoms with Crippen molar-refractivity contribution in [3.05, 3.63) is 35.9 Å². The number of rotatable bonds is 28. The minimum atomic E-state index is -0.785. The van der Waals surface area contributed by atoms with Gasteiger partial charge in [-0.1, -0.05) is 142 Å². The summed E-state index contributed by atoms with van der Waals surface area (Å²) in [4.78, 5) is 37.8. The Morgan fingerprint density at radius 1 is 0.512 bits per heavy atom. The average Bonchev–Trinajstić information content (AvgIpc) is 3.03. The van der Waals surface area contributed by atoms with Crippen LogP contribution in [0.15, 0.2) is 30.3 Å². The Balaban J connectivity index is 2.50. The van der Waals surface area contributed by atoms with E-state index < -0.39 is 11.4 Å². The van der Waals surface area contributed by atoms with Gasteiger partial charge in [-0.25, -0.2) is 4.79 Å². The summed E-state index contributed by atoms with van der Waals surface area (Å²) in [6, 6.07) is 8.81. The molecule has 1 rings (SSSR count). The smallest absolute Gasteiger partial charge is 0.338 e. The molecule has 246 valence electrons. The van der Waals surface area contributed by atoms with Crippen LogP contribution in [0.1, 0.15) is 166 Å². The second-order valence-electron chi connectivity index (χ2n) is 12.3. The molecule has 0 bridgehead atoms. The summed E-state index contributed by atoms with van der Waals surface area (Å²) in [6.07, 6.45) is 22.6. The van der Waals surface area contributed by atoms with Crippen LogP contribution >= 0.6 is 0 Å². The molecule has 6 nitrogen and oxygen atoms in total. The van der Waals surface area contributed by atoms with E-state index in [9.17, 15) is 14.4 Å². The van der Waals surface area contributed by atoms with Crippen LogP contribution in [-0.2, 0) is 23.8 Å². The highest BCUT2D eigenvalue weighted by molar-refractivity contribution is 5.89. The summed E-state index contributed by atoms with van der Waals surface area (Å²) in [5.74, 6) is -0.951. The van der Waals surface area contributed by atoms with E-state index in [1.807, 2.05) is 13.0 Å². The van der Waals surface area contributed by atoms with Crippen molar-refractivity contribution in [3.8, 4) is 0 Å². The van der Waals surface area contributed by atoms with Gasteiger partial charge in [0.1, 0.15) is 19.8 Å². The minimum absolute atomic E-state index is 0.00779. The lowest BCUT2D eigenvalue weighted by Crippen LogP contribution is -2.39. The van der Waals surface area contributed by atoms with Gasteiger partial charge in [0.05, 0.1) is 11.0 Å². The maximum absolute atomic E-state index is 12.6. The molecule has 0 aromatic heterocycles. The van der Waals surface area contributed by atoms with E-state index in [2.05, 4.69) is 13.8 Å². The van der Waals surface area contributed by atoms with E-state index in [1.54, 1.807) is 24.3 Å². The largest absolute Gasteiger partial charge is 0.465 e. The first kappa shape index (κ1) is 38.7. The number of carbonyl (C=O) groups excluding carboxylic acids is 3. The topological polar surface area (TPSA) is 78.9 Å². The Morgan fingerprint density at radius 3 is 1.28 bits per heavy atom. The monoisotopic (exact) mass is 602 g/mol. The molecule has 0 aliphatic heterocycles. The molecule has 0 radical (unpaired) electrons. The lowest BCUT2D eigenvalue weighted by molar-refractivity contribution is -0.156. The highest BCUT2D eigenvalue weighted by Gasteiger charge is 2.34. The van der Waals surface area contributed by atoms with Gasteiger partial charge in [-0.2, -0.15) is 0 Å². The Bertz CT molecular complexity index is 799. The van der Waals surface area contributed by atoms with E-state index in [-0.39, 0.29) is 31.8 Å². The van der Waals surface area contributed by atoms with E-state index in [4.69, 9.17) is 14.2 Å². The molecule has 0 fully saturated rings. The number of esters is 3. The van der Waals surface area contributed by atoms with Gasteiger partial charge in [0, 0.05) is 12.8 Å². The first-order chi connectivity index (χ1) is 21.0. The number of benzene rings is 1. The van der Waals surface area contributed by atoms with Crippen molar-refractivity contribution in [1.29, 1.82) is 0 Å². The van der Waals surface area contributed by atoms with Gasteiger partial charge in [0.15, 0.2) is 0 Å². The molecule has 0 aliphatic carbocycles. The Labute approximate surface area is 263 Å². The number of hydrogen-bond acceptors (Lipinski definition) is 6. The number of ether oxygens (including phenoxy) is 3. The van der Waals surface area contributed by atoms with E-state index in [0.29, 0.717) is 24.8 Å². The summed E-state index contributed by atoms with van der Waals surface area (Å²) in [5.41, 5.74) is -0.329. The Morgan fingerprint density at radius 2 is 0.884 bits per heavy atom. The van der Waals surface area contributed by atoms with Crippen LogP contribution in [-0.4, -0.2) is 37.7 Å². The van der Waals surface area contributed by atoms with Crippen molar-refractivity contribution in [2.45, 2.75) is 156 Å². The van der Waals surface area contributed by atoms with Gasteiger partial charge in [-0.3, -0.25) is 9.59 Å². The molecule has 0 unspecified atom stereocenters. The molecule has 0 atom stereocenters. The highest BCUT2D eigenvalue weighted by atomic mass is 16.6. The molecule has 6 heteroatoms. The maximum atomic E-state index is 12.6. The normalized spacial score (nSPS) is 11.3. The summed E-state index contributed by atoms with van der Waals surface area (Å²) in [7, 11) is 0. The predicted molar refractivity (Wildman–Crippen MR) is 175 cm³/mol. The molecule has 0 amide bonds. The Hall–Kier alpha value is -2.37. The second kappa shape index (κ2) is 26.1. The Kier molecular flexibility index (Phi) is 23.4. The molecule has 1 aromatic carbocycles. The van der Waals surface area contributed by atoms with Crippen LogP contribution in [0.4, 0.5) is 0 Å². The number of hydrogen-bond donors (Lipinski definition) is 0. The zero-order valence-electron chi connectivity index (χ0n) is 27.8. The average molecular weight is 603 g/mol. The molecule has 43 heavy (non-hydrogen) atoms. The third-order valence-corrected chi connectivity index (χ3v) is 8.32. The predicted octanol–water partition coefficient (Wildman–Crippen LogP) is 10.2. The van der Waals surface area contributed by atoms with E-state index in [0.717, 1.165) is 38.5 Å². The third kappa shape index (κ3) is 20.3. The van der Waals surface area contributed by atoms with Gasteiger partial charge in [-0.05, 0) is 31.4 Å². The van der Waals surface area contributed by atoms with Gasteiger partial charge < -0.3 is 14.2 Å². The molecule has 0 N–H and O–H groups in total. The zero-order valence-corrected chi connectivity index (χ0v) is 27.8. The van der Waals surface area contributed by atoms with Crippen LogP contribution in [0.3, 0.4) is 0 Å². The fourth-order valence-corrected chi connectivity index (χ4v) is 5.08. The van der Waals surface area contributed by atoms with E-state index >= 15 is 0 Å². The molecular formula is C37H62O6. The fourth-order valence-electron chi connectivity index (χ4n) is 5.08. The zero-order chi connectivity index (χ0) is 31.4. The first-order valence-electron chi connectivity index (χ1n) is 17.5. The van der Waals surface area contributed by atoms with Crippen molar-refractivity contribution < 1.29 is 28.6 Å². The van der Waals surface area contributed by atoms with Crippen molar-refractivity contribution in [2.24, 2.45) is 5.41 Å². The van der Waals surface area contributed by atoms with Crippen LogP contribution in [0.25, 0.3) is 0 Å². The lowest BCUT2D eigenvalue weighted by atomic mass is 9.88. The van der Waals surface area contributed by atoms with Gasteiger partial charge in [-0.15, -0.1) is 0 Å². The van der Waals surface area contributed by atoms with E-state index in [1.165, 1.54) is 77.0 Å². The molecule has 0 heterocycles. The standard InChI is InChI=1S/C37H62O6/c1-4-7-9-11-13-15-17-19-24-28-34(38)41-30-37(6-3,32-43-36(40)33-26-22-21-23-27-33)31-42-35(39)29-25-20-18-16-14-12-10-8-5-2/h21-23,26-27H,4-20,24-25,28-32H2,1-3H3. The first-order valence-corrected chi connectivity index (χ1v) is 17.5. The van der Waals surface area contributed by atoms with Gasteiger partial charge in [0.2, 0.25) is 0 Å². The summed E-state index contributed by atoms with van der Waals surface area (Å²) in [5, 5.41) is 0. The fraction of sp³-hybridized carbons (Fsp3) is 0.757. The SMILES string of the molecule is CCCCCCCCCCCC(=O)OCC(CC)(COC(=O)CCCCCCCCCCC)COC(=O)c1ccccc1. The van der Waals surface area contributed by atoms with Gasteiger partial charge >= 0.3 is 17.9 Å². The number of unbranched alkanes of at least 4 members (excludes halogenated alkanes) is 16. The van der Waals surface area contributed by atoms with Crippen LogP contribution < -0.4 is 0 Å². The molecule has 0 aliphatic rings. The summed E-state index contributed by atoms with van der Waals surface area (Å²) >= 11 is 0. The minimum Gasteiger partial charge on any atom is -0.465 e. The van der Waals surface area contributed by atoms with Crippen LogP contribution in [0.2, 0.25) is 0 Å². The lowest BCUT2D eigenvalue weighted by Gasteiger charge is -2.31. The van der Waals surface area contributed by atoms with Crippen molar-refractivity contribution in [2.75, 3.05) is 19.8 Å². The quantitative estimate of drug-likeness (QED) is 0.0539. The molecule has 1 aromatic rings. The van der Waals surface area contributed by atoms with Gasteiger partial charge in [0.25, 0.3) is 0 Å². The van der Waals surface area contributed by atoms with Crippen LogP contribution in [0, 0.1) is 5.41 Å². The molecule has 0 spiro atoms. The highest BCUT2D eigenvalue weighted by Crippen LogP contribution is 2.26.